The summed E-state index contributed by atoms with van der Waals surface area (Å²) in [6.45, 7) is 7.07. The predicted octanol–water partition coefficient (Wildman–Crippen LogP) is 0.318. The summed E-state index contributed by atoms with van der Waals surface area (Å²) in [5, 5.41) is 2.78. The van der Waals surface area contributed by atoms with E-state index in [2.05, 4.69) is 29.0 Å². The number of carbonyl (C=O) groups excluding carboxylic acids is 1. The average molecular weight is 385 g/mol. The molecular weight excluding hydrogens is 356 g/mol. The number of ether oxygens (including phenoxy) is 1. The third-order valence-electron chi connectivity index (χ3n) is 4.18. The Labute approximate surface area is 155 Å². The molecule has 1 saturated heterocycles. The molecule has 2 atom stereocenters. The molecule has 2 rings (SSSR count). The van der Waals surface area contributed by atoms with Gasteiger partial charge in [0.05, 0.1) is 18.8 Å². The molecule has 0 bridgehead atoms. The molecule has 0 aromatic carbocycles. The van der Waals surface area contributed by atoms with Gasteiger partial charge in [0.2, 0.25) is 15.9 Å². The van der Waals surface area contributed by atoms with Crippen LogP contribution in [0.1, 0.15) is 20.3 Å². The van der Waals surface area contributed by atoms with E-state index in [0.717, 1.165) is 30.4 Å². The van der Waals surface area contributed by atoms with E-state index in [9.17, 15) is 13.2 Å². The fraction of sp³-hybridized carbons (Fsp3) is 0.647. The molecular formula is C17H28N4O4S. The molecule has 1 N–H and O–H groups in total. The van der Waals surface area contributed by atoms with Gasteiger partial charge in [0.1, 0.15) is 4.90 Å². The molecule has 1 fully saturated rings. The van der Waals surface area contributed by atoms with Gasteiger partial charge in [0, 0.05) is 45.6 Å². The first-order valence-electron chi connectivity index (χ1n) is 8.80. The Hall–Kier alpha value is -1.55. The summed E-state index contributed by atoms with van der Waals surface area (Å²) >= 11 is 0. The van der Waals surface area contributed by atoms with Crippen molar-refractivity contribution in [2.75, 3.05) is 39.8 Å². The van der Waals surface area contributed by atoms with Crippen molar-refractivity contribution in [1.29, 1.82) is 0 Å². The minimum absolute atomic E-state index is 0.0749. The summed E-state index contributed by atoms with van der Waals surface area (Å²) in [7, 11) is -2.32. The van der Waals surface area contributed by atoms with Crippen LogP contribution in [0.3, 0.4) is 0 Å². The summed E-state index contributed by atoms with van der Waals surface area (Å²) in [6.07, 6.45) is 4.03. The van der Waals surface area contributed by atoms with Crippen molar-refractivity contribution < 1.29 is 17.9 Å². The van der Waals surface area contributed by atoms with Crippen LogP contribution in [0, 0.1) is 0 Å². The highest BCUT2D eigenvalue weighted by Crippen LogP contribution is 2.12. The lowest BCUT2D eigenvalue weighted by molar-refractivity contribution is -0.121. The van der Waals surface area contributed by atoms with Gasteiger partial charge in [-0.1, -0.05) is 0 Å². The van der Waals surface area contributed by atoms with Gasteiger partial charge in [0.15, 0.2) is 0 Å². The van der Waals surface area contributed by atoms with Crippen molar-refractivity contribution >= 4 is 15.9 Å². The minimum Gasteiger partial charge on any atom is -0.373 e. The highest BCUT2D eigenvalue weighted by atomic mass is 32.2. The largest absolute Gasteiger partial charge is 0.373 e. The van der Waals surface area contributed by atoms with Gasteiger partial charge in [-0.2, -0.15) is 4.31 Å². The number of carbonyl (C=O) groups is 1. The van der Waals surface area contributed by atoms with Gasteiger partial charge < -0.3 is 10.1 Å². The van der Waals surface area contributed by atoms with Crippen LogP contribution in [0.5, 0.6) is 0 Å². The Morgan fingerprint density at radius 1 is 1.38 bits per heavy atom. The van der Waals surface area contributed by atoms with E-state index in [0.29, 0.717) is 6.54 Å². The molecule has 146 valence electrons. The Morgan fingerprint density at radius 2 is 2.08 bits per heavy atom. The number of hydrogen-bond donors (Lipinski definition) is 1. The highest BCUT2D eigenvalue weighted by Gasteiger charge is 2.23. The van der Waals surface area contributed by atoms with Crippen molar-refractivity contribution in [1.82, 2.24) is 19.5 Å². The molecule has 26 heavy (non-hydrogen) atoms. The molecule has 0 saturated carbocycles. The molecule has 1 aromatic heterocycles. The first-order valence-corrected chi connectivity index (χ1v) is 10.2. The second-order valence-corrected chi connectivity index (χ2v) is 8.72. The van der Waals surface area contributed by atoms with Crippen molar-refractivity contribution in [2.45, 2.75) is 37.4 Å². The minimum atomic E-state index is -3.71. The lowest BCUT2D eigenvalue weighted by Gasteiger charge is -2.35. The number of hydrogen-bond acceptors (Lipinski definition) is 6. The van der Waals surface area contributed by atoms with E-state index < -0.39 is 10.0 Å². The number of nitrogens with one attached hydrogen (secondary N) is 1. The van der Waals surface area contributed by atoms with Crippen molar-refractivity contribution in [3.05, 3.63) is 24.5 Å². The number of likely N-dealkylation sites (N-methyl/N-ethyl adjacent to an activating group) is 1. The quantitative estimate of drug-likeness (QED) is 0.649. The maximum atomic E-state index is 12.4. The summed E-state index contributed by atoms with van der Waals surface area (Å²) in [6, 6.07) is 3.01. The van der Waals surface area contributed by atoms with Crippen LogP contribution in [-0.2, 0) is 19.6 Å². The first-order chi connectivity index (χ1) is 12.3. The van der Waals surface area contributed by atoms with E-state index in [4.69, 9.17) is 4.74 Å². The maximum Gasteiger partial charge on any atom is 0.244 e. The lowest BCUT2D eigenvalue weighted by Crippen LogP contribution is -2.46. The number of amides is 1. The van der Waals surface area contributed by atoms with E-state index in [1.165, 1.54) is 25.5 Å². The molecule has 2 heterocycles. The fourth-order valence-corrected chi connectivity index (χ4v) is 4.11. The van der Waals surface area contributed by atoms with Crippen molar-refractivity contribution in [2.24, 2.45) is 0 Å². The zero-order valence-corrected chi connectivity index (χ0v) is 16.4. The summed E-state index contributed by atoms with van der Waals surface area (Å²) in [4.78, 5) is 18.2. The van der Waals surface area contributed by atoms with Gasteiger partial charge in [-0.05, 0) is 32.4 Å². The average Bonchev–Trinajstić information content (AvgIpc) is 2.58. The van der Waals surface area contributed by atoms with Crippen molar-refractivity contribution in [3.63, 3.8) is 0 Å². The van der Waals surface area contributed by atoms with E-state index in [1.807, 2.05) is 0 Å². The summed E-state index contributed by atoms with van der Waals surface area (Å²) < 4.78 is 31.4. The van der Waals surface area contributed by atoms with Crippen LogP contribution in [0.15, 0.2) is 29.4 Å². The Kier molecular flexibility index (Phi) is 7.51. The number of aromatic nitrogens is 1. The third kappa shape index (κ3) is 6.01. The van der Waals surface area contributed by atoms with Crippen LogP contribution in [0.2, 0.25) is 0 Å². The number of pyridine rings is 1. The summed E-state index contributed by atoms with van der Waals surface area (Å²) in [5.41, 5.74) is 0. The third-order valence-corrected chi connectivity index (χ3v) is 5.96. The Morgan fingerprint density at radius 3 is 2.69 bits per heavy atom. The zero-order valence-electron chi connectivity index (χ0n) is 15.6. The maximum absolute atomic E-state index is 12.4. The summed E-state index contributed by atoms with van der Waals surface area (Å²) in [5.74, 6) is -0.316. The predicted molar refractivity (Wildman–Crippen MR) is 98.1 cm³/mol. The Balaban J connectivity index is 1.71. The number of rotatable bonds is 8. The van der Waals surface area contributed by atoms with Crippen LogP contribution in [-0.4, -0.2) is 80.5 Å². The van der Waals surface area contributed by atoms with Gasteiger partial charge >= 0.3 is 0 Å². The van der Waals surface area contributed by atoms with Gasteiger partial charge in [-0.15, -0.1) is 0 Å². The lowest BCUT2D eigenvalue weighted by atomic mass is 10.2. The highest BCUT2D eigenvalue weighted by molar-refractivity contribution is 7.89. The molecule has 1 aromatic rings. The van der Waals surface area contributed by atoms with Crippen LogP contribution < -0.4 is 5.32 Å². The number of nitrogens with zero attached hydrogens (tertiary/aromatic N) is 3. The second-order valence-electron chi connectivity index (χ2n) is 6.67. The standard InChI is InChI=1S/C17H28N4O4S/c1-14-11-21(12-15(2)25-14)9-5-8-19-17(22)13-20(3)26(23,24)16-6-4-7-18-10-16/h4,6-7,10,14-15H,5,8-9,11-13H2,1-3H3,(H,19,22). The molecule has 1 aliphatic heterocycles. The van der Waals surface area contributed by atoms with E-state index in [1.54, 1.807) is 6.07 Å². The van der Waals surface area contributed by atoms with E-state index in [-0.39, 0.29) is 29.6 Å². The topological polar surface area (TPSA) is 91.8 Å². The monoisotopic (exact) mass is 384 g/mol. The molecule has 1 aliphatic rings. The van der Waals surface area contributed by atoms with Gasteiger partial charge in [-0.3, -0.25) is 14.7 Å². The first kappa shape index (κ1) is 20.8. The van der Waals surface area contributed by atoms with Crippen molar-refractivity contribution in [3.8, 4) is 0 Å². The smallest absolute Gasteiger partial charge is 0.244 e. The van der Waals surface area contributed by atoms with E-state index >= 15 is 0 Å². The SMILES string of the molecule is CC1CN(CCCNC(=O)CN(C)S(=O)(=O)c2cccnc2)CC(C)O1. The molecule has 2 unspecified atom stereocenters. The molecule has 1 amide bonds. The second kappa shape index (κ2) is 9.40. The van der Waals surface area contributed by atoms with Crippen LogP contribution in [0.25, 0.3) is 0 Å². The molecule has 0 aliphatic carbocycles. The molecule has 9 heteroatoms. The Bertz CT molecular complexity index is 673. The van der Waals surface area contributed by atoms with Gasteiger partial charge in [-0.25, -0.2) is 8.42 Å². The normalized spacial score (nSPS) is 21.7. The number of sulfonamides is 1. The number of morpholine rings is 1. The molecule has 8 nitrogen and oxygen atoms in total. The van der Waals surface area contributed by atoms with Gasteiger partial charge in [0.25, 0.3) is 0 Å². The molecule has 0 spiro atoms. The fourth-order valence-electron chi connectivity index (χ4n) is 3.02. The zero-order chi connectivity index (χ0) is 19.2. The van der Waals surface area contributed by atoms with Crippen LogP contribution in [0.4, 0.5) is 0 Å². The molecule has 0 radical (unpaired) electrons. The van der Waals surface area contributed by atoms with Crippen LogP contribution >= 0.6 is 0 Å².